The average Bonchev–Trinajstić information content (AvgIpc) is 2.65. The monoisotopic (exact) mass is 398 g/mol. The van der Waals surface area contributed by atoms with Crippen LogP contribution < -0.4 is 0 Å². The third kappa shape index (κ3) is 3.94. The van der Waals surface area contributed by atoms with E-state index in [0.717, 1.165) is 11.1 Å². The zero-order valence-electron chi connectivity index (χ0n) is 17.7. The summed E-state index contributed by atoms with van der Waals surface area (Å²) in [5, 5.41) is 0. The van der Waals surface area contributed by atoms with Gasteiger partial charge >= 0.3 is 0 Å². The third-order valence-corrected chi connectivity index (χ3v) is 7.37. The van der Waals surface area contributed by atoms with E-state index in [1.54, 1.807) is 24.3 Å². The zero-order chi connectivity index (χ0) is 20.7. The molecule has 0 N–H and O–H groups in total. The van der Waals surface area contributed by atoms with Crippen LogP contribution in [0.4, 0.5) is 0 Å². The molecule has 0 unspecified atom stereocenters. The molecule has 0 aromatic heterocycles. The predicted octanol–water partition coefficient (Wildman–Crippen LogP) is 5.93. The largest absolute Gasteiger partial charge is 0.296 e. The lowest BCUT2D eigenvalue weighted by Crippen LogP contribution is -2.33. The maximum atomic E-state index is 11.8. The van der Waals surface area contributed by atoms with Gasteiger partial charge in [-0.3, -0.25) is 4.18 Å². The van der Waals surface area contributed by atoms with Gasteiger partial charge in [-0.2, -0.15) is 8.42 Å². The van der Waals surface area contributed by atoms with Crippen molar-refractivity contribution in [2.45, 2.75) is 63.2 Å². The molecule has 0 heterocycles. The minimum absolute atomic E-state index is 0.169. The maximum absolute atomic E-state index is 11.8. The van der Waals surface area contributed by atoms with E-state index in [1.807, 2.05) is 0 Å². The molecule has 0 saturated carbocycles. The molecule has 4 heteroatoms. The number of rotatable bonds is 4. The highest BCUT2D eigenvalue weighted by Gasteiger charge is 2.36. The van der Waals surface area contributed by atoms with E-state index in [4.69, 9.17) is 0 Å². The topological polar surface area (TPSA) is 43.4 Å². The van der Waals surface area contributed by atoms with Gasteiger partial charge in [-0.15, -0.1) is 0 Å². The molecule has 0 atom stereocenters. The van der Waals surface area contributed by atoms with Gasteiger partial charge in [-0.1, -0.05) is 64.1 Å². The van der Waals surface area contributed by atoms with Gasteiger partial charge in [0.25, 0.3) is 10.1 Å². The number of benzene rings is 2. The van der Waals surface area contributed by atoms with Crippen molar-refractivity contribution < 1.29 is 12.6 Å². The Balaban J connectivity index is 1.96. The van der Waals surface area contributed by atoms with Gasteiger partial charge in [0, 0.05) is 0 Å². The van der Waals surface area contributed by atoms with Crippen molar-refractivity contribution in [3.63, 3.8) is 0 Å². The molecule has 2 aromatic rings. The van der Waals surface area contributed by atoms with Crippen molar-refractivity contribution in [3.05, 3.63) is 64.7 Å². The molecule has 0 bridgehead atoms. The van der Waals surface area contributed by atoms with Gasteiger partial charge in [0.2, 0.25) is 0 Å². The highest BCUT2D eigenvalue weighted by Crippen LogP contribution is 2.46. The van der Waals surface area contributed by atoms with Crippen LogP contribution in [-0.2, 0) is 25.1 Å². The lowest BCUT2D eigenvalue weighted by Gasteiger charge is -2.42. The van der Waals surface area contributed by atoms with E-state index in [2.05, 4.69) is 63.1 Å². The first kappa shape index (κ1) is 20.8. The highest BCUT2D eigenvalue weighted by atomic mass is 32.2. The van der Waals surface area contributed by atoms with E-state index < -0.39 is 10.1 Å². The van der Waals surface area contributed by atoms with Gasteiger partial charge in [-0.25, -0.2) is 0 Å². The summed E-state index contributed by atoms with van der Waals surface area (Å²) in [7, 11) is -2.48. The molecule has 0 spiro atoms. The third-order valence-electron chi connectivity index (χ3n) is 6.08. The maximum Gasteiger partial charge on any atom is 0.296 e. The van der Waals surface area contributed by atoms with Gasteiger partial charge < -0.3 is 0 Å². The van der Waals surface area contributed by atoms with Crippen LogP contribution in [-0.4, -0.2) is 15.5 Å². The Bertz CT molecular complexity index is 1010. The standard InChI is InChI=1S/C24H30O3S/c1-17(15-18-7-10-20(11-8-18)28(25,26)27-6)19-9-12-21-22(16-19)24(4,5)14-13-23(21,2)3/h7-12,15-16H,13-14H2,1-6H3/b17-15-. The summed E-state index contributed by atoms with van der Waals surface area (Å²) in [6, 6.07) is 13.6. The van der Waals surface area contributed by atoms with Gasteiger partial charge in [-0.05, 0) is 70.6 Å². The van der Waals surface area contributed by atoms with Crippen molar-refractivity contribution in [1.29, 1.82) is 0 Å². The summed E-state index contributed by atoms with van der Waals surface area (Å²) < 4.78 is 28.1. The van der Waals surface area contributed by atoms with Crippen LogP contribution in [0.5, 0.6) is 0 Å². The van der Waals surface area contributed by atoms with Crippen molar-refractivity contribution in [2.75, 3.05) is 7.11 Å². The number of allylic oxidation sites excluding steroid dienone is 1. The van der Waals surface area contributed by atoms with Crippen LogP contribution in [0.2, 0.25) is 0 Å². The SMILES string of the molecule is COS(=O)(=O)c1ccc(/C=C(/C)c2ccc3c(c2)C(C)(C)CCC3(C)C)cc1. The molecular formula is C24H30O3S. The molecule has 3 nitrogen and oxygen atoms in total. The zero-order valence-corrected chi connectivity index (χ0v) is 18.5. The van der Waals surface area contributed by atoms with Crippen molar-refractivity contribution in [3.8, 4) is 0 Å². The normalized spacial score (nSPS) is 18.6. The molecular weight excluding hydrogens is 368 g/mol. The Morgan fingerprint density at radius 2 is 1.50 bits per heavy atom. The average molecular weight is 399 g/mol. The molecule has 1 aliphatic rings. The molecule has 28 heavy (non-hydrogen) atoms. The first-order valence-electron chi connectivity index (χ1n) is 9.71. The van der Waals surface area contributed by atoms with Crippen LogP contribution in [0, 0.1) is 0 Å². The second-order valence-corrected chi connectivity index (χ2v) is 10.8. The van der Waals surface area contributed by atoms with E-state index in [0.29, 0.717) is 0 Å². The van der Waals surface area contributed by atoms with Crippen LogP contribution in [0.15, 0.2) is 47.4 Å². The van der Waals surface area contributed by atoms with Crippen molar-refractivity contribution >= 4 is 21.8 Å². The molecule has 0 saturated heterocycles. The molecule has 3 rings (SSSR count). The summed E-state index contributed by atoms with van der Waals surface area (Å²) in [4.78, 5) is 0.169. The van der Waals surface area contributed by atoms with Gasteiger partial charge in [0.05, 0.1) is 12.0 Å². The predicted molar refractivity (Wildman–Crippen MR) is 116 cm³/mol. The van der Waals surface area contributed by atoms with E-state index in [-0.39, 0.29) is 15.7 Å². The summed E-state index contributed by atoms with van der Waals surface area (Å²) >= 11 is 0. The molecule has 150 valence electrons. The Labute approximate surface area is 169 Å². The summed E-state index contributed by atoms with van der Waals surface area (Å²) in [6.07, 6.45) is 4.48. The lowest BCUT2D eigenvalue weighted by molar-refractivity contribution is 0.332. The first-order valence-corrected chi connectivity index (χ1v) is 11.1. The first-order chi connectivity index (χ1) is 13.0. The quantitative estimate of drug-likeness (QED) is 0.473. The molecule has 0 fully saturated rings. The van der Waals surface area contributed by atoms with Crippen LogP contribution in [0.1, 0.15) is 69.7 Å². The Kier molecular flexibility index (Phi) is 5.32. The van der Waals surface area contributed by atoms with E-state index >= 15 is 0 Å². The van der Waals surface area contributed by atoms with Gasteiger partial charge in [0.15, 0.2) is 0 Å². The van der Waals surface area contributed by atoms with E-state index in [1.165, 1.54) is 36.6 Å². The van der Waals surface area contributed by atoms with Crippen LogP contribution in [0.25, 0.3) is 11.6 Å². The van der Waals surface area contributed by atoms with E-state index in [9.17, 15) is 8.42 Å². The summed E-state index contributed by atoms with van der Waals surface area (Å²) in [5.74, 6) is 0. The fourth-order valence-electron chi connectivity index (χ4n) is 3.99. The molecule has 0 aliphatic heterocycles. The summed E-state index contributed by atoms with van der Waals surface area (Å²) in [6.45, 7) is 11.4. The molecule has 0 amide bonds. The van der Waals surface area contributed by atoms with Crippen LogP contribution in [0.3, 0.4) is 0 Å². The minimum atomic E-state index is -3.65. The second kappa shape index (κ2) is 7.16. The minimum Gasteiger partial charge on any atom is -0.270 e. The molecule has 2 aromatic carbocycles. The molecule has 1 aliphatic carbocycles. The second-order valence-electron chi connectivity index (χ2n) is 9.05. The Morgan fingerprint density at radius 3 is 2.07 bits per heavy atom. The Morgan fingerprint density at radius 1 is 0.929 bits per heavy atom. The number of hydrogen-bond donors (Lipinski definition) is 0. The lowest BCUT2D eigenvalue weighted by atomic mass is 9.63. The summed E-state index contributed by atoms with van der Waals surface area (Å²) in [5.41, 5.74) is 6.61. The van der Waals surface area contributed by atoms with Gasteiger partial charge in [0.1, 0.15) is 0 Å². The van der Waals surface area contributed by atoms with Crippen LogP contribution >= 0.6 is 0 Å². The molecule has 0 radical (unpaired) electrons. The number of fused-ring (bicyclic) bond motifs is 1. The Hall–Kier alpha value is -1.91. The number of hydrogen-bond acceptors (Lipinski definition) is 3. The van der Waals surface area contributed by atoms with Crippen molar-refractivity contribution in [1.82, 2.24) is 0 Å². The van der Waals surface area contributed by atoms with Crippen molar-refractivity contribution in [2.24, 2.45) is 0 Å². The smallest absolute Gasteiger partial charge is 0.270 e. The fourth-order valence-corrected chi connectivity index (χ4v) is 4.66. The fraction of sp³-hybridized carbons (Fsp3) is 0.417. The highest BCUT2D eigenvalue weighted by molar-refractivity contribution is 7.86.